The maximum Gasteiger partial charge on any atom is 0.262 e. The molecule has 2 atom stereocenters. The van der Waals surface area contributed by atoms with E-state index in [1.807, 2.05) is 12.1 Å². The Morgan fingerprint density at radius 2 is 1.94 bits per heavy atom. The highest BCUT2D eigenvalue weighted by Crippen LogP contribution is 2.34. The smallest absolute Gasteiger partial charge is 0.262 e. The van der Waals surface area contributed by atoms with Gasteiger partial charge in [-0.05, 0) is 37.1 Å². The van der Waals surface area contributed by atoms with Crippen LogP contribution in [0.5, 0.6) is 5.75 Å². The number of carbonyl (C=O) groups is 2. The fourth-order valence-corrected chi connectivity index (χ4v) is 5.12. The lowest BCUT2D eigenvalue weighted by molar-refractivity contribution is -0.125. The summed E-state index contributed by atoms with van der Waals surface area (Å²) in [7, 11) is 0. The molecule has 2 aromatic carbocycles. The van der Waals surface area contributed by atoms with Crippen LogP contribution >= 0.6 is 11.8 Å². The van der Waals surface area contributed by atoms with Crippen molar-refractivity contribution < 1.29 is 19.1 Å². The van der Waals surface area contributed by atoms with E-state index in [2.05, 4.69) is 4.98 Å². The third kappa shape index (κ3) is 4.38. The van der Waals surface area contributed by atoms with Crippen molar-refractivity contribution in [2.24, 2.45) is 5.73 Å². The SMILES string of the molecule is NC(=O)C1CN(C(=O)CSc2nc3ccccc3c(=O)n2CC2CCCO2)c2ccccc2O1. The number of hydrogen-bond acceptors (Lipinski definition) is 7. The number of thioether (sulfide) groups is 1. The van der Waals surface area contributed by atoms with E-state index in [-0.39, 0.29) is 29.9 Å². The van der Waals surface area contributed by atoms with E-state index in [0.717, 1.165) is 12.8 Å². The van der Waals surface area contributed by atoms with Crippen molar-refractivity contribution >= 4 is 40.2 Å². The largest absolute Gasteiger partial charge is 0.477 e. The van der Waals surface area contributed by atoms with Crippen molar-refractivity contribution in [1.82, 2.24) is 9.55 Å². The maximum atomic E-state index is 13.3. The second kappa shape index (κ2) is 9.47. The number of aromatic nitrogens is 2. The number of amides is 2. The van der Waals surface area contributed by atoms with E-state index in [0.29, 0.717) is 40.6 Å². The fraction of sp³-hybridized carbons (Fsp3) is 0.333. The fourth-order valence-electron chi connectivity index (χ4n) is 4.23. The van der Waals surface area contributed by atoms with Crippen molar-refractivity contribution in [1.29, 1.82) is 0 Å². The van der Waals surface area contributed by atoms with Gasteiger partial charge < -0.3 is 20.1 Å². The zero-order valence-corrected chi connectivity index (χ0v) is 19.2. The molecule has 2 aliphatic heterocycles. The Hall–Kier alpha value is -3.37. The van der Waals surface area contributed by atoms with Crippen LogP contribution in [0.2, 0.25) is 0 Å². The third-order valence-corrected chi connectivity index (χ3v) is 6.91. The first-order chi connectivity index (χ1) is 16.5. The molecule has 2 aliphatic rings. The topological polar surface area (TPSA) is 117 Å². The van der Waals surface area contributed by atoms with Gasteiger partial charge in [0.2, 0.25) is 5.91 Å². The third-order valence-electron chi connectivity index (χ3n) is 5.95. The number of para-hydroxylation sites is 3. The number of hydrogen-bond donors (Lipinski definition) is 1. The maximum absolute atomic E-state index is 13.3. The molecule has 1 saturated heterocycles. The first-order valence-electron chi connectivity index (χ1n) is 11.1. The quantitative estimate of drug-likeness (QED) is 0.423. The van der Waals surface area contributed by atoms with E-state index in [4.69, 9.17) is 15.2 Å². The Morgan fingerprint density at radius 3 is 2.74 bits per heavy atom. The molecule has 0 radical (unpaired) electrons. The van der Waals surface area contributed by atoms with Crippen LogP contribution in [0.1, 0.15) is 12.8 Å². The van der Waals surface area contributed by atoms with Crippen molar-refractivity contribution in [3.63, 3.8) is 0 Å². The number of benzene rings is 2. The molecule has 0 bridgehead atoms. The van der Waals surface area contributed by atoms with Gasteiger partial charge in [0.1, 0.15) is 5.75 Å². The van der Waals surface area contributed by atoms with Gasteiger partial charge >= 0.3 is 0 Å². The summed E-state index contributed by atoms with van der Waals surface area (Å²) in [5.74, 6) is -0.425. The molecule has 1 fully saturated rings. The van der Waals surface area contributed by atoms with Crippen LogP contribution < -0.4 is 20.9 Å². The molecule has 176 valence electrons. The molecule has 0 aliphatic carbocycles. The molecule has 2 N–H and O–H groups in total. The minimum absolute atomic E-state index is 0.0239. The average Bonchev–Trinajstić information content (AvgIpc) is 3.37. The molecular weight excluding hydrogens is 456 g/mol. The summed E-state index contributed by atoms with van der Waals surface area (Å²) < 4.78 is 13.0. The summed E-state index contributed by atoms with van der Waals surface area (Å²) in [5, 5.41) is 0.989. The van der Waals surface area contributed by atoms with Gasteiger partial charge in [-0.1, -0.05) is 36.0 Å². The molecule has 5 rings (SSSR count). The Balaban J connectivity index is 1.42. The monoisotopic (exact) mass is 480 g/mol. The van der Waals surface area contributed by atoms with E-state index >= 15 is 0 Å². The number of rotatable bonds is 6. The molecule has 10 heteroatoms. The molecule has 3 heterocycles. The van der Waals surface area contributed by atoms with Crippen LogP contribution in [0, 0.1) is 0 Å². The van der Waals surface area contributed by atoms with Crippen molar-refractivity contribution in [2.75, 3.05) is 23.8 Å². The number of nitrogens with two attached hydrogens (primary N) is 1. The molecule has 34 heavy (non-hydrogen) atoms. The minimum atomic E-state index is -0.930. The first kappa shape index (κ1) is 22.4. The van der Waals surface area contributed by atoms with Gasteiger partial charge in [0.05, 0.1) is 41.5 Å². The molecule has 3 aromatic rings. The van der Waals surface area contributed by atoms with Crippen LogP contribution in [-0.4, -0.2) is 52.5 Å². The lowest BCUT2D eigenvalue weighted by Crippen LogP contribution is -2.49. The lowest BCUT2D eigenvalue weighted by Gasteiger charge is -2.33. The second-order valence-corrected chi connectivity index (χ2v) is 9.17. The molecule has 2 unspecified atom stereocenters. The van der Waals surface area contributed by atoms with E-state index in [1.165, 1.54) is 16.7 Å². The Kier molecular flexibility index (Phi) is 6.25. The Morgan fingerprint density at radius 1 is 1.15 bits per heavy atom. The first-order valence-corrected chi connectivity index (χ1v) is 12.1. The second-order valence-electron chi connectivity index (χ2n) is 8.23. The molecule has 0 spiro atoms. The van der Waals surface area contributed by atoms with Gasteiger partial charge in [-0.25, -0.2) is 4.98 Å². The summed E-state index contributed by atoms with van der Waals surface area (Å²) in [6.07, 6.45) is 0.846. The Labute approximate surface area is 199 Å². The van der Waals surface area contributed by atoms with Crippen molar-refractivity contribution in [3.8, 4) is 5.75 Å². The highest BCUT2D eigenvalue weighted by Gasteiger charge is 2.32. The number of anilines is 1. The van der Waals surface area contributed by atoms with Gasteiger partial charge in [-0.2, -0.15) is 0 Å². The van der Waals surface area contributed by atoms with Gasteiger partial charge in [0, 0.05) is 6.61 Å². The van der Waals surface area contributed by atoms with Crippen LogP contribution in [0.25, 0.3) is 10.9 Å². The predicted octanol–water partition coefficient (Wildman–Crippen LogP) is 1.95. The van der Waals surface area contributed by atoms with Gasteiger partial charge in [-0.3, -0.25) is 19.0 Å². The highest BCUT2D eigenvalue weighted by atomic mass is 32.2. The number of fused-ring (bicyclic) bond motifs is 2. The standard InChI is InChI=1S/C24H24N4O5S/c25-22(30)20-13-27(18-9-3-4-10-19(18)33-20)21(29)14-34-24-26-17-8-2-1-7-16(17)23(31)28(24)12-15-6-5-11-32-15/h1-4,7-10,15,20H,5-6,11-14H2,(H2,25,30). The average molecular weight is 481 g/mol. The molecule has 2 amide bonds. The van der Waals surface area contributed by atoms with E-state index in [1.54, 1.807) is 41.0 Å². The Bertz CT molecular complexity index is 1300. The van der Waals surface area contributed by atoms with Crippen molar-refractivity contribution in [2.45, 2.75) is 36.8 Å². The summed E-state index contributed by atoms with van der Waals surface area (Å²) in [5.41, 5.74) is 6.46. The van der Waals surface area contributed by atoms with Gasteiger partial charge in [-0.15, -0.1) is 0 Å². The molecular formula is C24H24N4O5S. The number of nitrogens with zero attached hydrogens (tertiary/aromatic N) is 3. The number of ether oxygens (including phenoxy) is 2. The van der Waals surface area contributed by atoms with Crippen LogP contribution in [0.3, 0.4) is 0 Å². The van der Waals surface area contributed by atoms with Gasteiger partial charge in [0.25, 0.3) is 11.5 Å². The summed E-state index contributed by atoms with van der Waals surface area (Å²) >= 11 is 1.19. The van der Waals surface area contributed by atoms with E-state index in [9.17, 15) is 14.4 Å². The number of carbonyl (C=O) groups excluding carboxylic acids is 2. The van der Waals surface area contributed by atoms with Gasteiger partial charge in [0.15, 0.2) is 11.3 Å². The molecule has 0 saturated carbocycles. The summed E-state index contributed by atoms with van der Waals surface area (Å²) in [6, 6.07) is 14.2. The summed E-state index contributed by atoms with van der Waals surface area (Å²) in [6.45, 7) is 1.09. The van der Waals surface area contributed by atoms with E-state index < -0.39 is 12.0 Å². The van der Waals surface area contributed by atoms with Crippen LogP contribution in [0.4, 0.5) is 5.69 Å². The van der Waals surface area contributed by atoms with Crippen molar-refractivity contribution in [3.05, 3.63) is 58.9 Å². The predicted molar refractivity (Wildman–Crippen MR) is 128 cm³/mol. The summed E-state index contributed by atoms with van der Waals surface area (Å²) in [4.78, 5) is 44.5. The normalized spacial score (nSPS) is 19.6. The lowest BCUT2D eigenvalue weighted by atomic mass is 10.2. The minimum Gasteiger partial charge on any atom is -0.477 e. The zero-order chi connectivity index (χ0) is 23.7. The van der Waals surface area contributed by atoms with Crippen LogP contribution in [0.15, 0.2) is 58.5 Å². The molecule has 9 nitrogen and oxygen atoms in total. The highest BCUT2D eigenvalue weighted by molar-refractivity contribution is 7.99. The number of primary amides is 1. The zero-order valence-electron chi connectivity index (χ0n) is 18.4. The molecule has 1 aromatic heterocycles. The van der Waals surface area contributed by atoms with Crippen LogP contribution in [-0.2, 0) is 20.9 Å².